The normalized spacial score (nSPS) is 24.1. The molecule has 0 saturated heterocycles. The Kier molecular flexibility index (Phi) is 5.14. The Morgan fingerprint density at radius 3 is 2.44 bits per heavy atom. The van der Waals surface area contributed by atoms with Crippen LogP contribution in [-0.2, 0) is 11.2 Å². The predicted molar refractivity (Wildman–Crippen MR) is 71.2 cm³/mol. The summed E-state index contributed by atoms with van der Waals surface area (Å²) < 4.78 is 18.1. The van der Waals surface area contributed by atoms with E-state index in [0.717, 1.165) is 25.8 Å². The lowest BCUT2D eigenvalue weighted by atomic mass is 9.93. The Bertz CT molecular complexity index is 344. The lowest BCUT2D eigenvalue weighted by molar-refractivity contribution is 0.0626. The Morgan fingerprint density at radius 1 is 1.17 bits per heavy atom. The van der Waals surface area contributed by atoms with Gasteiger partial charge in [0.05, 0.1) is 6.10 Å². The number of halogens is 1. The second kappa shape index (κ2) is 6.86. The summed E-state index contributed by atoms with van der Waals surface area (Å²) in [6.07, 6.45) is 6.13. The van der Waals surface area contributed by atoms with Crippen LogP contribution in [0.1, 0.15) is 31.2 Å². The molecule has 2 nitrogen and oxygen atoms in total. The second-order valence-electron chi connectivity index (χ2n) is 5.04. The van der Waals surface area contributed by atoms with Crippen molar-refractivity contribution in [2.45, 2.75) is 44.2 Å². The zero-order valence-electron chi connectivity index (χ0n) is 11.0. The molecule has 0 radical (unpaired) electrons. The quantitative estimate of drug-likeness (QED) is 0.868. The molecule has 18 heavy (non-hydrogen) atoms. The monoisotopic (exact) mass is 251 g/mol. The summed E-state index contributed by atoms with van der Waals surface area (Å²) in [4.78, 5) is 0. The first-order valence-electron chi connectivity index (χ1n) is 6.78. The highest BCUT2D eigenvalue weighted by atomic mass is 19.1. The van der Waals surface area contributed by atoms with Crippen molar-refractivity contribution in [1.82, 2.24) is 5.32 Å². The van der Waals surface area contributed by atoms with E-state index in [4.69, 9.17) is 4.74 Å². The summed E-state index contributed by atoms with van der Waals surface area (Å²) in [5.74, 6) is -0.162. The third-order valence-electron chi connectivity index (χ3n) is 3.77. The minimum Gasteiger partial charge on any atom is -0.381 e. The van der Waals surface area contributed by atoms with Gasteiger partial charge in [0.1, 0.15) is 5.82 Å². The standard InChI is InChI=1S/C15H22FNO/c1-18-15-8-6-14(7-9-15)17-11-10-12-2-4-13(16)5-3-12/h2-5,14-15,17H,6-11H2,1H3. The summed E-state index contributed by atoms with van der Waals surface area (Å²) in [7, 11) is 1.80. The van der Waals surface area contributed by atoms with E-state index in [1.807, 2.05) is 12.1 Å². The first-order valence-corrected chi connectivity index (χ1v) is 6.78. The van der Waals surface area contributed by atoms with Crippen LogP contribution in [0, 0.1) is 5.82 Å². The van der Waals surface area contributed by atoms with Crippen molar-refractivity contribution < 1.29 is 9.13 Å². The molecule has 1 aliphatic rings. The smallest absolute Gasteiger partial charge is 0.123 e. The van der Waals surface area contributed by atoms with E-state index in [1.165, 1.54) is 30.5 Å². The molecule has 1 aromatic carbocycles. The fourth-order valence-electron chi connectivity index (χ4n) is 2.57. The van der Waals surface area contributed by atoms with Gasteiger partial charge >= 0.3 is 0 Å². The lowest BCUT2D eigenvalue weighted by Gasteiger charge is -2.28. The van der Waals surface area contributed by atoms with E-state index in [2.05, 4.69) is 5.32 Å². The van der Waals surface area contributed by atoms with Gasteiger partial charge in [-0.1, -0.05) is 12.1 Å². The molecule has 1 aliphatic carbocycles. The fourth-order valence-corrected chi connectivity index (χ4v) is 2.57. The van der Waals surface area contributed by atoms with E-state index >= 15 is 0 Å². The maximum atomic E-state index is 12.7. The van der Waals surface area contributed by atoms with Gasteiger partial charge in [0.25, 0.3) is 0 Å². The Labute approximate surface area is 109 Å². The van der Waals surface area contributed by atoms with Crippen LogP contribution in [0.2, 0.25) is 0 Å². The molecular weight excluding hydrogens is 229 g/mol. The van der Waals surface area contributed by atoms with Crippen molar-refractivity contribution in [2.24, 2.45) is 0 Å². The first kappa shape index (κ1) is 13.5. The summed E-state index contributed by atoms with van der Waals surface area (Å²) in [6.45, 7) is 0.966. The zero-order valence-corrected chi connectivity index (χ0v) is 11.0. The van der Waals surface area contributed by atoms with Crippen molar-refractivity contribution in [3.8, 4) is 0 Å². The molecule has 100 valence electrons. The van der Waals surface area contributed by atoms with E-state index < -0.39 is 0 Å². The van der Waals surface area contributed by atoms with Crippen molar-refractivity contribution in [3.63, 3.8) is 0 Å². The number of methoxy groups -OCH3 is 1. The maximum Gasteiger partial charge on any atom is 0.123 e. The second-order valence-corrected chi connectivity index (χ2v) is 5.04. The largest absolute Gasteiger partial charge is 0.381 e. The van der Waals surface area contributed by atoms with Gasteiger partial charge in [0.15, 0.2) is 0 Å². The van der Waals surface area contributed by atoms with Gasteiger partial charge in [-0.15, -0.1) is 0 Å². The van der Waals surface area contributed by atoms with Crippen molar-refractivity contribution in [2.75, 3.05) is 13.7 Å². The van der Waals surface area contributed by atoms with Crippen LogP contribution >= 0.6 is 0 Å². The summed E-state index contributed by atoms with van der Waals surface area (Å²) in [6, 6.07) is 7.40. The molecule has 1 fully saturated rings. The minimum absolute atomic E-state index is 0.162. The third-order valence-corrected chi connectivity index (χ3v) is 3.77. The first-order chi connectivity index (χ1) is 8.78. The van der Waals surface area contributed by atoms with Crippen molar-refractivity contribution in [3.05, 3.63) is 35.6 Å². The average molecular weight is 251 g/mol. The van der Waals surface area contributed by atoms with E-state index in [1.54, 1.807) is 7.11 Å². The highest BCUT2D eigenvalue weighted by Crippen LogP contribution is 2.20. The number of rotatable bonds is 5. The number of nitrogens with one attached hydrogen (secondary N) is 1. The van der Waals surface area contributed by atoms with Gasteiger partial charge in [0.2, 0.25) is 0 Å². The minimum atomic E-state index is -0.162. The molecule has 0 bridgehead atoms. The van der Waals surface area contributed by atoms with Crippen LogP contribution in [0.25, 0.3) is 0 Å². The average Bonchev–Trinajstić information content (AvgIpc) is 2.42. The topological polar surface area (TPSA) is 21.3 Å². The van der Waals surface area contributed by atoms with Crippen LogP contribution in [-0.4, -0.2) is 25.8 Å². The summed E-state index contributed by atoms with van der Waals surface area (Å²) in [5, 5.41) is 3.58. The maximum absolute atomic E-state index is 12.7. The molecule has 0 spiro atoms. The van der Waals surface area contributed by atoms with Gasteiger partial charge in [0, 0.05) is 13.2 Å². The van der Waals surface area contributed by atoms with Gasteiger partial charge in [-0.2, -0.15) is 0 Å². The molecule has 0 aliphatic heterocycles. The number of ether oxygens (including phenoxy) is 1. The van der Waals surface area contributed by atoms with Gasteiger partial charge in [-0.3, -0.25) is 0 Å². The van der Waals surface area contributed by atoms with Gasteiger partial charge in [-0.25, -0.2) is 4.39 Å². The zero-order chi connectivity index (χ0) is 12.8. The van der Waals surface area contributed by atoms with Gasteiger partial charge < -0.3 is 10.1 Å². The van der Waals surface area contributed by atoms with Crippen LogP contribution in [0.5, 0.6) is 0 Å². The van der Waals surface area contributed by atoms with E-state index in [0.29, 0.717) is 12.1 Å². The highest BCUT2D eigenvalue weighted by molar-refractivity contribution is 5.16. The number of hydrogen-bond acceptors (Lipinski definition) is 2. The molecule has 1 N–H and O–H groups in total. The number of benzene rings is 1. The van der Waals surface area contributed by atoms with E-state index in [-0.39, 0.29) is 5.82 Å². The van der Waals surface area contributed by atoms with Crippen molar-refractivity contribution >= 4 is 0 Å². The predicted octanol–water partition coefficient (Wildman–Crippen LogP) is 2.92. The van der Waals surface area contributed by atoms with Crippen molar-refractivity contribution in [1.29, 1.82) is 0 Å². The molecular formula is C15H22FNO. The van der Waals surface area contributed by atoms with Crippen LogP contribution < -0.4 is 5.32 Å². The molecule has 0 aromatic heterocycles. The fraction of sp³-hybridized carbons (Fsp3) is 0.600. The third kappa shape index (κ3) is 4.07. The molecule has 1 aromatic rings. The molecule has 3 heteroatoms. The highest BCUT2D eigenvalue weighted by Gasteiger charge is 2.19. The van der Waals surface area contributed by atoms with E-state index in [9.17, 15) is 4.39 Å². The molecule has 0 amide bonds. The van der Waals surface area contributed by atoms with Crippen LogP contribution in [0.4, 0.5) is 4.39 Å². The molecule has 0 heterocycles. The molecule has 0 atom stereocenters. The van der Waals surface area contributed by atoms with Crippen LogP contribution in [0.3, 0.4) is 0 Å². The van der Waals surface area contributed by atoms with Gasteiger partial charge in [-0.05, 0) is 56.3 Å². The summed E-state index contributed by atoms with van der Waals surface area (Å²) in [5.41, 5.74) is 1.19. The Hall–Kier alpha value is -0.930. The van der Waals surface area contributed by atoms with Crippen LogP contribution in [0.15, 0.2) is 24.3 Å². The summed E-state index contributed by atoms with van der Waals surface area (Å²) >= 11 is 0. The Morgan fingerprint density at radius 2 is 1.83 bits per heavy atom. The number of hydrogen-bond donors (Lipinski definition) is 1. The molecule has 2 rings (SSSR count). The SMILES string of the molecule is COC1CCC(NCCc2ccc(F)cc2)CC1. The molecule has 1 saturated carbocycles. The molecule has 0 unspecified atom stereocenters. The Balaban J connectivity index is 1.65. The lowest BCUT2D eigenvalue weighted by Crippen LogP contribution is -2.36.